The molecule has 0 bridgehead atoms. The summed E-state index contributed by atoms with van der Waals surface area (Å²) in [6.45, 7) is 0. The van der Waals surface area contributed by atoms with Crippen LogP contribution in [0.25, 0.3) is 0 Å². The molecular weight excluding hydrogens is 417 g/mol. The van der Waals surface area contributed by atoms with Gasteiger partial charge in [-0.25, -0.2) is 8.42 Å². The lowest BCUT2D eigenvalue weighted by molar-refractivity contribution is 0.600. The van der Waals surface area contributed by atoms with Gasteiger partial charge in [-0.05, 0) is 58.4 Å². The molecule has 3 nitrogen and oxygen atoms in total. The molecule has 0 saturated carbocycles. The highest BCUT2D eigenvalue weighted by Crippen LogP contribution is 2.27. The second-order valence-electron chi connectivity index (χ2n) is 3.69. The molecule has 2 aromatic rings. The summed E-state index contributed by atoms with van der Waals surface area (Å²) in [7, 11) is -3.63. The van der Waals surface area contributed by atoms with Crippen LogP contribution >= 0.6 is 43.5 Å². The molecule has 0 unspecified atom stereocenters. The van der Waals surface area contributed by atoms with Crippen molar-refractivity contribution in [1.29, 1.82) is 0 Å². The summed E-state index contributed by atoms with van der Waals surface area (Å²) in [4.78, 5) is 0.172. The second kappa shape index (κ2) is 5.83. The lowest BCUT2D eigenvalue weighted by Crippen LogP contribution is -2.13. The van der Waals surface area contributed by atoms with Crippen molar-refractivity contribution in [2.24, 2.45) is 0 Å². The molecule has 0 aliphatic heterocycles. The Bertz CT molecular complexity index is 702. The van der Waals surface area contributed by atoms with Gasteiger partial charge in [0.1, 0.15) is 4.90 Å². The number of halogens is 3. The summed E-state index contributed by atoms with van der Waals surface area (Å²) in [5.41, 5.74) is 0.458. The van der Waals surface area contributed by atoms with Gasteiger partial charge in [0.2, 0.25) is 0 Å². The van der Waals surface area contributed by atoms with Crippen LogP contribution in [-0.2, 0) is 10.0 Å². The van der Waals surface area contributed by atoms with E-state index in [2.05, 4.69) is 36.6 Å². The predicted molar refractivity (Wildman–Crippen MR) is 84.1 cm³/mol. The standard InChI is InChI=1S/C12H8Br2ClNO2S/c13-8-1-6-12(11(14)7-8)19(17,18)16-10-4-2-9(15)3-5-10/h1-7,16H. The molecule has 0 amide bonds. The second-order valence-corrected chi connectivity index (χ2v) is 7.54. The van der Waals surface area contributed by atoms with E-state index in [1.165, 1.54) is 6.07 Å². The molecule has 0 fully saturated rings. The van der Waals surface area contributed by atoms with Crippen LogP contribution in [0.1, 0.15) is 0 Å². The van der Waals surface area contributed by atoms with E-state index < -0.39 is 10.0 Å². The number of sulfonamides is 1. The number of rotatable bonds is 3. The van der Waals surface area contributed by atoms with Crippen LogP contribution in [0.5, 0.6) is 0 Å². The quantitative estimate of drug-likeness (QED) is 0.777. The highest BCUT2D eigenvalue weighted by Gasteiger charge is 2.17. The van der Waals surface area contributed by atoms with E-state index in [4.69, 9.17) is 11.6 Å². The molecule has 19 heavy (non-hydrogen) atoms. The first-order valence-electron chi connectivity index (χ1n) is 5.12. The number of anilines is 1. The van der Waals surface area contributed by atoms with Crippen LogP contribution in [-0.4, -0.2) is 8.42 Å². The van der Waals surface area contributed by atoms with Crippen molar-refractivity contribution in [3.8, 4) is 0 Å². The zero-order valence-corrected chi connectivity index (χ0v) is 14.1. The van der Waals surface area contributed by atoms with E-state index in [1.54, 1.807) is 36.4 Å². The Kier molecular flexibility index (Phi) is 4.55. The van der Waals surface area contributed by atoms with E-state index in [0.717, 1.165) is 4.47 Å². The topological polar surface area (TPSA) is 46.2 Å². The fourth-order valence-corrected chi connectivity index (χ4v) is 4.35. The van der Waals surface area contributed by atoms with Crippen molar-refractivity contribution in [3.05, 3.63) is 56.4 Å². The molecule has 0 heterocycles. The van der Waals surface area contributed by atoms with Gasteiger partial charge in [-0.1, -0.05) is 27.5 Å². The highest BCUT2D eigenvalue weighted by atomic mass is 79.9. The Balaban J connectivity index is 2.35. The maximum Gasteiger partial charge on any atom is 0.263 e. The summed E-state index contributed by atoms with van der Waals surface area (Å²) in [5.74, 6) is 0. The van der Waals surface area contributed by atoms with Crippen LogP contribution in [0.3, 0.4) is 0 Å². The lowest BCUT2D eigenvalue weighted by atomic mass is 10.3. The molecule has 100 valence electrons. The minimum absolute atomic E-state index is 0.172. The van der Waals surface area contributed by atoms with Gasteiger partial charge in [0, 0.05) is 19.7 Å². The summed E-state index contributed by atoms with van der Waals surface area (Å²) < 4.78 is 28.2. The predicted octanol–water partition coefficient (Wildman–Crippen LogP) is 4.67. The van der Waals surface area contributed by atoms with E-state index >= 15 is 0 Å². The molecule has 7 heteroatoms. The van der Waals surface area contributed by atoms with Crippen molar-refractivity contribution in [2.75, 3.05) is 4.72 Å². The maximum atomic E-state index is 12.2. The number of benzene rings is 2. The van der Waals surface area contributed by atoms with Gasteiger partial charge in [-0.15, -0.1) is 0 Å². The normalized spacial score (nSPS) is 11.3. The Morgan fingerprint density at radius 3 is 2.21 bits per heavy atom. The minimum Gasteiger partial charge on any atom is -0.280 e. The zero-order valence-electron chi connectivity index (χ0n) is 9.40. The third-order valence-electron chi connectivity index (χ3n) is 2.28. The molecule has 0 saturated heterocycles. The fraction of sp³-hybridized carbons (Fsp3) is 0. The molecule has 0 aromatic heterocycles. The highest BCUT2D eigenvalue weighted by molar-refractivity contribution is 9.11. The van der Waals surface area contributed by atoms with Gasteiger partial charge in [0.05, 0.1) is 0 Å². The SMILES string of the molecule is O=S(=O)(Nc1ccc(Cl)cc1)c1ccc(Br)cc1Br. The van der Waals surface area contributed by atoms with Gasteiger partial charge >= 0.3 is 0 Å². The van der Waals surface area contributed by atoms with Gasteiger partial charge in [0.25, 0.3) is 10.0 Å². The molecular formula is C12H8Br2ClNO2S. The van der Waals surface area contributed by atoms with Crippen molar-refractivity contribution in [3.63, 3.8) is 0 Å². The van der Waals surface area contributed by atoms with Gasteiger partial charge in [-0.2, -0.15) is 0 Å². The van der Waals surface area contributed by atoms with Crippen molar-refractivity contribution in [2.45, 2.75) is 4.90 Å². The molecule has 1 N–H and O–H groups in total. The zero-order chi connectivity index (χ0) is 14.0. The fourth-order valence-electron chi connectivity index (χ4n) is 1.42. The van der Waals surface area contributed by atoms with Gasteiger partial charge in [-0.3, -0.25) is 4.72 Å². The molecule has 0 atom stereocenters. The van der Waals surface area contributed by atoms with E-state index in [0.29, 0.717) is 15.2 Å². The summed E-state index contributed by atoms with van der Waals surface area (Å²) in [6, 6.07) is 11.3. The average Bonchev–Trinajstić information content (AvgIpc) is 2.31. The third kappa shape index (κ3) is 3.72. The first-order chi connectivity index (χ1) is 8.88. The maximum absolute atomic E-state index is 12.2. The first kappa shape index (κ1) is 14.8. The Hall–Kier alpha value is -0.560. The molecule has 2 rings (SSSR count). The van der Waals surface area contributed by atoms with Crippen molar-refractivity contribution >= 4 is 59.2 Å². The average molecular weight is 426 g/mol. The van der Waals surface area contributed by atoms with Gasteiger partial charge in [0.15, 0.2) is 0 Å². The number of nitrogens with one attached hydrogen (secondary N) is 1. The number of hydrogen-bond donors (Lipinski definition) is 1. The van der Waals surface area contributed by atoms with Crippen LogP contribution in [0.15, 0.2) is 56.3 Å². The third-order valence-corrected chi connectivity index (χ3v) is 5.38. The van der Waals surface area contributed by atoms with Crippen LogP contribution in [0.2, 0.25) is 5.02 Å². The van der Waals surface area contributed by atoms with Crippen LogP contribution in [0.4, 0.5) is 5.69 Å². The minimum atomic E-state index is -3.63. The Morgan fingerprint density at radius 1 is 1.00 bits per heavy atom. The number of hydrogen-bond acceptors (Lipinski definition) is 2. The van der Waals surface area contributed by atoms with E-state index in [-0.39, 0.29) is 4.90 Å². The van der Waals surface area contributed by atoms with Crippen LogP contribution in [0, 0.1) is 0 Å². The van der Waals surface area contributed by atoms with Gasteiger partial charge < -0.3 is 0 Å². The largest absolute Gasteiger partial charge is 0.280 e. The van der Waals surface area contributed by atoms with E-state index in [1.807, 2.05) is 0 Å². The van der Waals surface area contributed by atoms with Crippen molar-refractivity contribution < 1.29 is 8.42 Å². The lowest BCUT2D eigenvalue weighted by Gasteiger charge is -2.10. The van der Waals surface area contributed by atoms with E-state index in [9.17, 15) is 8.42 Å². The molecule has 0 radical (unpaired) electrons. The summed E-state index contributed by atoms with van der Waals surface area (Å²) >= 11 is 12.3. The molecule has 2 aromatic carbocycles. The summed E-state index contributed by atoms with van der Waals surface area (Å²) in [5, 5.41) is 0.549. The van der Waals surface area contributed by atoms with Crippen LogP contribution < -0.4 is 4.72 Å². The Labute approximate surface area is 133 Å². The summed E-state index contributed by atoms with van der Waals surface area (Å²) in [6.07, 6.45) is 0. The molecule has 0 aliphatic carbocycles. The molecule has 0 spiro atoms. The monoisotopic (exact) mass is 423 g/mol. The van der Waals surface area contributed by atoms with Crippen molar-refractivity contribution in [1.82, 2.24) is 0 Å². The first-order valence-corrected chi connectivity index (χ1v) is 8.57. The smallest absolute Gasteiger partial charge is 0.263 e. The molecule has 0 aliphatic rings. The Morgan fingerprint density at radius 2 is 1.63 bits per heavy atom.